The number of hydrogen-bond donors (Lipinski definition) is 4. The Morgan fingerprint density at radius 2 is 1.57 bits per heavy atom. The molecular formula is C16H16N4O8. The molecule has 2 aromatic rings. The molecule has 0 bridgehead atoms. The number of nitroso groups, excluding NO2 is 1. The second kappa shape index (κ2) is 9.71. The highest BCUT2D eigenvalue weighted by molar-refractivity contribution is 5.49. The van der Waals surface area contributed by atoms with Crippen molar-refractivity contribution in [3.8, 4) is 23.8 Å². The van der Waals surface area contributed by atoms with Crippen molar-refractivity contribution in [3.05, 3.63) is 64.6 Å². The Bertz CT molecular complexity index is 809. The van der Waals surface area contributed by atoms with Crippen LogP contribution in [0.5, 0.6) is 11.5 Å². The Morgan fingerprint density at radius 1 is 1.04 bits per heavy atom. The number of methoxy groups -OCH3 is 1. The van der Waals surface area contributed by atoms with E-state index in [0.717, 1.165) is 0 Å². The standard InChI is InChI=1S/C16H16N4O8/c1-3-16(17-21,12-4-8-14(25-2)9-5-12)13-6-10-15(11-7-13)26-18-27-20(24)28-19(22)23/h1,4-11,18,22-24H,2H3. The Morgan fingerprint density at radius 3 is 2.00 bits per heavy atom. The van der Waals surface area contributed by atoms with Crippen molar-refractivity contribution < 1.29 is 35.1 Å². The number of benzene rings is 2. The molecule has 0 aliphatic heterocycles. The minimum Gasteiger partial charge on any atom is -0.497 e. The summed E-state index contributed by atoms with van der Waals surface area (Å²) in [6.07, 6.45) is 5.61. The predicted molar refractivity (Wildman–Crippen MR) is 89.8 cm³/mol. The van der Waals surface area contributed by atoms with Crippen molar-refractivity contribution in [2.24, 2.45) is 5.18 Å². The highest BCUT2D eigenvalue weighted by Crippen LogP contribution is 2.34. The van der Waals surface area contributed by atoms with E-state index in [4.69, 9.17) is 31.6 Å². The number of nitrogens with one attached hydrogen (secondary N) is 1. The van der Waals surface area contributed by atoms with Gasteiger partial charge in [0.25, 0.3) is 0 Å². The molecule has 0 aliphatic rings. The molecular weight excluding hydrogens is 376 g/mol. The van der Waals surface area contributed by atoms with Gasteiger partial charge in [-0.1, -0.05) is 30.2 Å². The molecule has 1 atom stereocenters. The summed E-state index contributed by atoms with van der Waals surface area (Å²) in [5.74, 6) is 3.21. The molecule has 0 heterocycles. The number of ether oxygens (including phenoxy) is 1. The zero-order chi connectivity index (χ0) is 20.6. The molecule has 12 nitrogen and oxygen atoms in total. The van der Waals surface area contributed by atoms with Gasteiger partial charge in [-0.15, -0.1) is 21.2 Å². The quantitative estimate of drug-likeness (QED) is 0.266. The topological polar surface area (TPSA) is 146 Å². The van der Waals surface area contributed by atoms with E-state index in [1.54, 1.807) is 29.9 Å². The van der Waals surface area contributed by atoms with Crippen molar-refractivity contribution in [2.45, 2.75) is 5.54 Å². The Kier molecular flexibility index (Phi) is 7.35. The fraction of sp³-hybridized carbons (Fsp3) is 0.125. The predicted octanol–water partition coefficient (Wildman–Crippen LogP) is 1.69. The minimum absolute atomic E-state index is 0.188. The lowest BCUT2D eigenvalue weighted by Gasteiger charge is -2.22. The molecule has 12 heteroatoms. The molecule has 2 rings (SSSR count). The second-order valence-corrected chi connectivity index (χ2v) is 5.05. The normalized spacial score (nSPS) is 13.0. The lowest BCUT2D eigenvalue weighted by molar-refractivity contribution is -0.676. The summed E-state index contributed by atoms with van der Waals surface area (Å²) in [4.78, 5) is 24.5. The maximum Gasteiger partial charge on any atom is 0.212 e. The van der Waals surface area contributed by atoms with Crippen LogP contribution < -0.4 is 15.2 Å². The summed E-state index contributed by atoms with van der Waals surface area (Å²) in [6.45, 7) is 0. The summed E-state index contributed by atoms with van der Waals surface area (Å²) in [6, 6.07) is 12.5. The molecule has 0 aliphatic carbocycles. The van der Waals surface area contributed by atoms with Gasteiger partial charge in [-0.2, -0.15) is 0 Å². The summed E-state index contributed by atoms with van der Waals surface area (Å²) in [5.41, 5.74) is 1.13. The fourth-order valence-electron chi connectivity index (χ4n) is 2.24. The third-order valence-electron chi connectivity index (χ3n) is 3.54. The highest BCUT2D eigenvalue weighted by atomic mass is 17.3. The summed E-state index contributed by atoms with van der Waals surface area (Å²) in [5, 5.41) is 27.3. The maximum absolute atomic E-state index is 11.7. The van der Waals surface area contributed by atoms with Gasteiger partial charge in [0, 0.05) is 11.1 Å². The van der Waals surface area contributed by atoms with Gasteiger partial charge in [0.1, 0.15) is 16.9 Å². The molecule has 0 amide bonds. The first kappa shape index (κ1) is 21.2. The van der Waals surface area contributed by atoms with Gasteiger partial charge in [-0.25, -0.2) is 0 Å². The first-order valence-corrected chi connectivity index (χ1v) is 7.46. The van der Waals surface area contributed by atoms with E-state index >= 15 is 0 Å². The summed E-state index contributed by atoms with van der Waals surface area (Å²) in [7, 11) is 1.52. The van der Waals surface area contributed by atoms with E-state index in [2.05, 4.69) is 21.0 Å². The van der Waals surface area contributed by atoms with E-state index in [9.17, 15) is 4.91 Å². The van der Waals surface area contributed by atoms with Crippen molar-refractivity contribution in [2.75, 3.05) is 7.11 Å². The van der Waals surface area contributed by atoms with E-state index in [1.807, 2.05) is 0 Å². The van der Waals surface area contributed by atoms with Crippen molar-refractivity contribution >= 4 is 0 Å². The van der Waals surface area contributed by atoms with Crippen LogP contribution in [0, 0.1) is 17.3 Å². The average molecular weight is 392 g/mol. The third-order valence-corrected chi connectivity index (χ3v) is 3.54. The smallest absolute Gasteiger partial charge is 0.212 e. The van der Waals surface area contributed by atoms with E-state index in [0.29, 0.717) is 16.9 Å². The van der Waals surface area contributed by atoms with Crippen LogP contribution in [-0.4, -0.2) is 33.5 Å². The van der Waals surface area contributed by atoms with Gasteiger partial charge >= 0.3 is 0 Å². The van der Waals surface area contributed by atoms with Crippen LogP contribution >= 0.6 is 0 Å². The zero-order valence-corrected chi connectivity index (χ0v) is 14.4. The molecule has 0 aromatic heterocycles. The van der Waals surface area contributed by atoms with Crippen LogP contribution in [0.2, 0.25) is 0 Å². The highest BCUT2D eigenvalue weighted by Gasteiger charge is 2.34. The summed E-state index contributed by atoms with van der Waals surface area (Å²) >= 11 is 0. The molecule has 4 N–H and O–H groups in total. The summed E-state index contributed by atoms with van der Waals surface area (Å²) < 4.78 is 5.09. The van der Waals surface area contributed by atoms with Crippen LogP contribution in [0.3, 0.4) is 0 Å². The lowest BCUT2D eigenvalue weighted by atomic mass is 9.84. The molecule has 1 unspecified atom stereocenters. The lowest BCUT2D eigenvalue weighted by Crippen LogP contribution is -2.35. The SMILES string of the molecule is C#CC(N=O)(c1ccc(OC)cc1)c1ccc(ONON(O)ON(O)O)cc1. The van der Waals surface area contributed by atoms with E-state index < -0.39 is 16.3 Å². The van der Waals surface area contributed by atoms with Gasteiger partial charge in [-0.3, -0.25) is 15.6 Å². The molecule has 0 radical (unpaired) electrons. The fourth-order valence-corrected chi connectivity index (χ4v) is 2.24. The van der Waals surface area contributed by atoms with Gasteiger partial charge < -0.3 is 9.57 Å². The third kappa shape index (κ3) is 4.98. The number of rotatable bonds is 10. The van der Waals surface area contributed by atoms with E-state index in [-0.39, 0.29) is 5.75 Å². The van der Waals surface area contributed by atoms with Crippen LogP contribution in [0.1, 0.15) is 11.1 Å². The van der Waals surface area contributed by atoms with Gasteiger partial charge in [0.15, 0.2) is 0 Å². The number of nitrogens with zero attached hydrogens (tertiary/aromatic N) is 3. The molecule has 0 saturated heterocycles. The molecule has 0 spiro atoms. The zero-order valence-electron chi connectivity index (χ0n) is 14.4. The van der Waals surface area contributed by atoms with Crippen LogP contribution in [0.4, 0.5) is 0 Å². The first-order chi connectivity index (χ1) is 13.4. The Balaban J connectivity index is 2.12. The van der Waals surface area contributed by atoms with Crippen LogP contribution in [0.15, 0.2) is 53.7 Å². The van der Waals surface area contributed by atoms with Crippen LogP contribution in [-0.2, 0) is 15.4 Å². The number of hydrogen-bond acceptors (Lipinski definition) is 12. The van der Waals surface area contributed by atoms with Gasteiger partial charge in [-0.05, 0) is 35.1 Å². The second-order valence-electron chi connectivity index (χ2n) is 5.05. The number of terminal acetylenes is 1. The van der Waals surface area contributed by atoms with Gasteiger partial charge in [0.05, 0.1) is 12.5 Å². The van der Waals surface area contributed by atoms with Crippen LogP contribution in [0.25, 0.3) is 0 Å². The molecule has 2 aromatic carbocycles. The monoisotopic (exact) mass is 392 g/mol. The van der Waals surface area contributed by atoms with E-state index in [1.165, 1.54) is 31.4 Å². The Hall–Kier alpha value is -3.12. The minimum atomic E-state index is -1.56. The largest absolute Gasteiger partial charge is 0.497 e. The Labute approximate surface area is 158 Å². The van der Waals surface area contributed by atoms with Crippen molar-refractivity contribution in [3.63, 3.8) is 0 Å². The first-order valence-electron chi connectivity index (χ1n) is 7.46. The van der Waals surface area contributed by atoms with Gasteiger partial charge in [0.2, 0.25) is 5.54 Å². The molecule has 148 valence electrons. The van der Waals surface area contributed by atoms with Crippen molar-refractivity contribution in [1.29, 1.82) is 0 Å². The maximum atomic E-state index is 11.7. The molecule has 0 fully saturated rings. The van der Waals surface area contributed by atoms with Crippen molar-refractivity contribution in [1.82, 2.24) is 16.4 Å². The molecule has 28 heavy (non-hydrogen) atoms. The molecule has 0 saturated carbocycles. The average Bonchev–Trinajstić information content (AvgIpc) is 2.70.